The van der Waals surface area contributed by atoms with Gasteiger partial charge in [-0.25, -0.2) is 4.79 Å². The maximum atomic E-state index is 11.2. The topological polar surface area (TPSA) is 95.5 Å². The van der Waals surface area contributed by atoms with Gasteiger partial charge in [-0.2, -0.15) is 0 Å². The molecular weight excluding hydrogens is 246 g/mol. The summed E-state index contributed by atoms with van der Waals surface area (Å²) in [7, 11) is 0. The van der Waals surface area contributed by atoms with Gasteiger partial charge in [0.1, 0.15) is 0 Å². The monoisotopic (exact) mass is 263 g/mol. The highest BCUT2D eigenvalue weighted by atomic mass is 16.4. The van der Waals surface area contributed by atoms with Crippen molar-refractivity contribution in [1.29, 1.82) is 0 Å². The Kier molecular flexibility index (Phi) is 2.94. The predicted octanol–water partition coefficient (Wildman–Crippen LogP) is 0.912. The highest BCUT2D eigenvalue weighted by Gasteiger charge is 2.24. The zero-order valence-corrected chi connectivity index (χ0v) is 10.6. The third-order valence-electron chi connectivity index (χ3n) is 3.73. The molecule has 1 unspecified atom stereocenters. The van der Waals surface area contributed by atoms with Crippen molar-refractivity contribution in [3.63, 3.8) is 0 Å². The molecule has 1 aliphatic rings. The Labute approximate surface area is 109 Å². The van der Waals surface area contributed by atoms with Gasteiger partial charge in [0.2, 0.25) is 0 Å². The first-order chi connectivity index (χ1) is 9.17. The summed E-state index contributed by atoms with van der Waals surface area (Å²) in [5, 5.41) is 8.99. The van der Waals surface area contributed by atoms with E-state index in [0.717, 1.165) is 31.6 Å². The van der Waals surface area contributed by atoms with Crippen molar-refractivity contribution in [3.05, 3.63) is 22.7 Å². The molecule has 0 saturated carbocycles. The number of fused-ring (bicyclic) bond motifs is 1. The number of nitrogen functional groups attached to an aromatic ring is 1. The summed E-state index contributed by atoms with van der Waals surface area (Å²) in [6, 6.07) is 3.54. The fraction of sp³-hybridized carbons (Fsp3) is 0.462. The number of nitrogens with zero attached hydrogens (tertiary/aromatic N) is 1. The van der Waals surface area contributed by atoms with Crippen LogP contribution in [-0.2, 0) is 0 Å². The van der Waals surface area contributed by atoms with Crippen molar-refractivity contribution in [2.24, 2.45) is 5.92 Å². The number of aliphatic hydroxyl groups is 1. The Balaban J connectivity index is 1.92. The van der Waals surface area contributed by atoms with Crippen LogP contribution >= 0.6 is 0 Å². The fourth-order valence-corrected chi connectivity index (χ4v) is 2.75. The smallest absolute Gasteiger partial charge is 0.408 e. The minimum absolute atomic E-state index is 0.224. The summed E-state index contributed by atoms with van der Waals surface area (Å²) in [5.41, 5.74) is 8.71. The number of aromatic amines is 1. The number of nitrogens with two attached hydrogens (primary N) is 1. The molecule has 3 rings (SSSR count). The Bertz CT molecular complexity index is 646. The summed E-state index contributed by atoms with van der Waals surface area (Å²) in [6.07, 6.45) is 1.88. The normalized spacial score (nSPS) is 19.4. The van der Waals surface area contributed by atoms with Crippen LogP contribution in [0.3, 0.4) is 0 Å². The van der Waals surface area contributed by atoms with Gasteiger partial charge in [0.15, 0.2) is 5.58 Å². The minimum atomic E-state index is -0.467. The molecule has 4 N–H and O–H groups in total. The number of anilines is 2. The molecule has 6 heteroatoms. The second kappa shape index (κ2) is 4.62. The Hall–Kier alpha value is -1.95. The lowest BCUT2D eigenvalue weighted by Gasteiger charge is -2.20. The van der Waals surface area contributed by atoms with E-state index in [2.05, 4.69) is 9.88 Å². The number of nitrogens with one attached hydrogen (secondary N) is 1. The number of H-pyrrole nitrogens is 1. The van der Waals surface area contributed by atoms with E-state index in [9.17, 15) is 4.79 Å². The number of hydrogen-bond acceptors (Lipinski definition) is 5. The fourth-order valence-electron chi connectivity index (χ4n) is 2.75. The van der Waals surface area contributed by atoms with Gasteiger partial charge in [0.05, 0.1) is 16.9 Å². The molecule has 1 aromatic carbocycles. The van der Waals surface area contributed by atoms with E-state index >= 15 is 0 Å². The largest absolute Gasteiger partial charge is 0.417 e. The number of hydrogen-bond donors (Lipinski definition) is 3. The molecule has 0 radical (unpaired) electrons. The zero-order valence-electron chi connectivity index (χ0n) is 10.6. The number of aliphatic hydroxyl groups excluding tert-OH is 1. The molecule has 0 bridgehead atoms. The van der Waals surface area contributed by atoms with Crippen molar-refractivity contribution in [1.82, 2.24) is 4.98 Å². The van der Waals surface area contributed by atoms with Crippen LogP contribution in [-0.4, -0.2) is 29.8 Å². The lowest BCUT2D eigenvalue weighted by atomic mass is 10.1. The molecule has 0 aliphatic carbocycles. The van der Waals surface area contributed by atoms with E-state index in [1.807, 2.05) is 6.07 Å². The molecule has 1 fully saturated rings. The van der Waals surface area contributed by atoms with E-state index in [1.165, 1.54) is 0 Å². The van der Waals surface area contributed by atoms with Crippen molar-refractivity contribution in [3.8, 4) is 0 Å². The van der Waals surface area contributed by atoms with Crippen LogP contribution in [0.1, 0.15) is 12.8 Å². The Morgan fingerprint density at radius 2 is 2.37 bits per heavy atom. The van der Waals surface area contributed by atoms with E-state index in [4.69, 9.17) is 15.3 Å². The second-order valence-corrected chi connectivity index (χ2v) is 5.03. The van der Waals surface area contributed by atoms with Crippen LogP contribution in [0.5, 0.6) is 0 Å². The molecule has 1 atom stereocenters. The van der Waals surface area contributed by atoms with Crippen LogP contribution in [0.2, 0.25) is 0 Å². The predicted molar refractivity (Wildman–Crippen MR) is 73.3 cm³/mol. The van der Waals surface area contributed by atoms with E-state index in [1.54, 1.807) is 6.07 Å². The molecule has 0 spiro atoms. The number of rotatable bonds is 3. The van der Waals surface area contributed by atoms with Gasteiger partial charge < -0.3 is 20.2 Å². The van der Waals surface area contributed by atoms with Crippen molar-refractivity contribution in [2.75, 3.05) is 30.3 Å². The first-order valence-corrected chi connectivity index (χ1v) is 6.45. The molecule has 1 aromatic heterocycles. The summed E-state index contributed by atoms with van der Waals surface area (Å²) in [5.74, 6) is 0.0367. The molecule has 2 heterocycles. The Morgan fingerprint density at radius 1 is 1.53 bits per heavy atom. The van der Waals surface area contributed by atoms with Crippen LogP contribution < -0.4 is 16.4 Å². The van der Waals surface area contributed by atoms with Gasteiger partial charge in [-0.05, 0) is 24.8 Å². The second-order valence-electron chi connectivity index (χ2n) is 5.03. The first-order valence-electron chi connectivity index (χ1n) is 6.45. The summed E-state index contributed by atoms with van der Waals surface area (Å²) in [6.45, 7) is 2.03. The van der Waals surface area contributed by atoms with E-state index in [0.29, 0.717) is 22.7 Å². The van der Waals surface area contributed by atoms with Gasteiger partial charge in [-0.15, -0.1) is 0 Å². The molecule has 0 amide bonds. The van der Waals surface area contributed by atoms with E-state index in [-0.39, 0.29) is 6.61 Å². The Morgan fingerprint density at radius 3 is 3.16 bits per heavy atom. The van der Waals surface area contributed by atoms with Crippen LogP contribution in [0.15, 0.2) is 21.3 Å². The third kappa shape index (κ3) is 2.19. The quantitative estimate of drug-likeness (QED) is 0.715. The SMILES string of the molecule is Nc1cc2oc(=O)[nH]c2cc1N1CCC(CCO)C1. The summed E-state index contributed by atoms with van der Waals surface area (Å²) < 4.78 is 4.98. The van der Waals surface area contributed by atoms with Gasteiger partial charge in [0, 0.05) is 25.8 Å². The van der Waals surface area contributed by atoms with Crippen molar-refractivity contribution < 1.29 is 9.52 Å². The maximum absolute atomic E-state index is 11.2. The standard InChI is InChI=1S/C13H17N3O3/c14-9-5-12-10(15-13(18)19-12)6-11(9)16-3-1-8(7-16)2-4-17/h5-6,8,17H,1-4,7,14H2,(H,15,18). The average molecular weight is 263 g/mol. The molecule has 102 valence electrons. The van der Waals surface area contributed by atoms with Crippen molar-refractivity contribution >= 4 is 22.5 Å². The minimum Gasteiger partial charge on any atom is -0.408 e. The van der Waals surface area contributed by atoms with Gasteiger partial charge in [0.25, 0.3) is 0 Å². The zero-order chi connectivity index (χ0) is 13.4. The highest BCUT2D eigenvalue weighted by molar-refractivity contribution is 5.85. The number of benzene rings is 1. The van der Waals surface area contributed by atoms with Gasteiger partial charge in [-0.3, -0.25) is 4.98 Å². The molecule has 1 saturated heterocycles. The molecule has 6 nitrogen and oxygen atoms in total. The maximum Gasteiger partial charge on any atom is 0.417 e. The number of aromatic nitrogens is 1. The van der Waals surface area contributed by atoms with Crippen LogP contribution in [0.25, 0.3) is 11.1 Å². The summed E-state index contributed by atoms with van der Waals surface area (Å²) in [4.78, 5) is 16.0. The molecule has 2 aromatic rings. The van der Waals surface area contributed by atoms with Crippen molar-refractivity contribution in [2.45, 2.75) is 12.8 Å². The average Bonchev–Trinajstić information content (AvgIpc) is 2.94. The number of oxazole rings is 1. The summed E-state index contributed by atoms with van der Waals surface area (Å²) >= 11 is 0. The first kappa shape index (κ1) is 12.1. The van der Waals surface area contributed by atoms with Crippen LogP contribution in [0.4, 0.5) is 11.4 Å². The lowest BCUT2D eigenvalue weighted by Crippen LogP contribution is -2.21. The van der Waals surface area contributed by atoms with Crippen LogP contribution in [0, 0.1) is 5.92 Å². The van der Waals surface area contributed by atoms with E-state index < -0.39 is 5.76 Å². The molecular formula is C13H17N3O3. The highest BCUT2D eigenvalue weighted by Crippen LogP contribution is 2.32. The van der Waals surface area contributed by atoms with Gasteiger partial charge in [-0.1, -0.05) is 0 Å². The lowest BCUT2D eigenvalue weighted by molar-refractivity contribution is 0.263. The third-order valence-corrected chi connectivity index (χ3v) is 3.73. The van der Waals surface area contributed by atoms with Gasteiger partial charge >= 0.3 is 5.76 Å². The molecule has 1 aliphatic heterocycles. The molecule has 19 heavy (non-hydrogen) atoms.